The van der Waals surface area contributed by atoms with E-state index in [1.54, 1.807) is 35.0 Å². The van der Waals surface area contributed by atoms with Crippen LogP contribution in [0, 0.1) is 0 Å². The fraction of sp³-hybridized carbons (Fsp3) is 0.389. The maximum Gasteiger partial charge on any atom is 0.250 e. The highest BCUT2D eigenvalue weighted by Gasteiger charge is 2.39. The predicted octanol–water partition coefficient (Wildman–Crippen LogP) is 4.87. The molecule has 6 rings (SSSR count). The second-order valence-electron chi connectivity index (χ2n) is 13.4. The summed E-state index contributed by atoms with van der Waals surface area (Å²) in [6, 6.07) is 14.0. The lowest BCUT2D eigenvalue weighted by molar-refractivity contribution is -0.133. The van der Waals surface area contributed by atoms with Gasteiger partial charge in [-0.2, -0.15) is 11.3 Å². The van der Waals surface area contributed by atoms with Crippen LogP contribution in [0.4, 0.5) is 11.4 Å². The van der Waals surface area contributed by atoms with Crippen molar-refractivity contribution in [1.82, 2.24) is 15.2 Å². The van der Waals surface area contributed by atoms with Gasteiger partial charge in [-0.1, -0.05) is 30.3 Å². The van der Waals surface area contributed by atoms with Crippen LogP contribution in [0.1, 0.15) is 63.3 Å². The van der Waals surface area contributed by atoms with Crippen molar-refractivity contribution in [2.45, 2.75) is 83.6 Å². The summed E-state index contributed by atoms with van der Waals surface area (Å²) in [5.74, 6) is -1.16. The normalized spacial score (nSPS) is 17.0. The SMILES string of the molecule is CC(C)n1cc(C[C@@H](NC(=O)C(C)(C)N)C(=O)NC2Cc3cccc(N4CCCC4=O)c3N(Cc3ccsc3)C2=O)c2ccccc21.Cl. The molecule has 4 heterocycles. The van der Waals surface area contributed by atoms with Gasteiger partial charge in [0, 0.05) is 48.9 Å². The number of carbonyl (C=O) groups is 4. The van der Waals surface area contributed by atoms with E-state index in [4.69, 9.17) is 5.73 Å². The summed E-state index contributed by atoms with van der Waals surface area (Å²) in [5, 5.41) is 10.8. The van der Waals surface area contributed by atoms with Gasteiger partial charge in [-0.25, -0.2) is 0 Å². The number of hydrogen-bond acceptors (Lipinski definition) is 6. The van der Waals surface area contributed by atoms with Crippen LogP contribution in [-0.2, 0) is 38.6 Å². The van der Waals surface area contributed by atoms with Crippen LogP contribution in [0.25, 0.3) is 10.9 Å². The molecule has 0 aliphatic carbocycles. The summed E-state index contributed by atoms with van der Waals surface area (Å²) in [5.41, 5.74) is 10.1. The van der Waals surface area contributed by atoms with Crippen molar-refractivity contribution in [2.24, 2.45) is 5.73 Å². The van der Waals surface area contributed by atoms with Crippen molar-refractivity contribution in [3.05, 3.63) is 82.2 Å². The molecule has 4 amide bonds. The van der Waals surface area contributed by atoms with Crippen molar-refractivity contribution in [3.63, 3.8) is 0 Å². The molecule has 2 atom stereocenters. The molecule has 48 heavy (non-hydrogen) atoms. The molecule has 2 aromatic carbocycles. The number of hydrogen-bond donors (Lipinski definition) is 3. The molecule has 2 aromatic heterocycles. The molecule has 4 N–H and O–H groups in total. The van der Waals surface area contributed by atoms with Crippen LogP contribution < -0.4 is 26.2 Å². The van der Waals surface area contributed by atoms with Gasteiger partial charge < -0.3 is 30.7 Å². The molecule has 1 fully saturated rings. The summed E-state index contributed by atoms with van der Waals surface area (Å²) >= 11 is 1.54. The zero-order chi connectivity index (χ0) is 33.5. The first-order valence-electron chi connectivity index (χ1n) is 16.2. The Morgan fingerprint density at radius 3 is 2.52 bits per heavy atom. The lowest BCUT2D eigenvalue weighted by atomic mass is 9.94. The van der Waals surface area contributed by atoms with Crippen molar-refractivity contribution >= 4 is 69.7 Å². The number of amides is 4. The smallest absolute Gasteiger partial charge is 0.250 e. The van der Waals surface area contributed by atoms with Crippen molar-refractivity contribution in [3.8, 4) is 0 Å². The molecule has 2 aliphatic heterocycles. The Morgan fingerprint density at radius 2 is 1.85 bits per heavy atom. The van der Waals surface area contributed by atoms with E-state index in [0.717, 1.165) is 39.7 Å². The number of anilines is 2. The summed E-state index contributed by atoms with van der Waals surface area (Å²) in [4.78, 5) is 57.9. The van der Waals surface area contributed by atoms with Gasteiger partial charge in [-0.3, -0.25) is 19.2 Å². The number of fused-ring (bicyclic) bond motifs is 2. The second-order valence-corrected chi connectivity index (χ2v) is 14.2. The fourth-order valence-corrected chi connectivity index (χ4v) is 7.19. The van der Waals surface area contributed by atoms with Gasteiger partial charge in [0.25, 0.3) is 0 Å². The first kappa shape index (κ1) is 35.1. The minimum atomic E-state index is -1.22. The summed E-state index contributed by atoms with van der Waals surface area (Å²) in [6.07, 6.45) is 3.74. The highest BCUT2D eigenvalue weighted by Crippen LogP contribution is 2.40. The number of aromatic nitrogens is 1. The van der Waals surface area contributed by atoms with Gasteiger partial charge >= 0.3 is 0 Å². The lowest BCUT2D eigenvalue weighted by Gasteiger charge is -2.37. The number of thiophene rings is 1. The second kappa shape index (κ2) is 14.1. The average Bonchev–Trinajstić information content (AvgIpc) is 3.78. The molecule has 254 valence electrons. The number of halogens is 1. The van der Waals surface area contributed by atoms with Gasteiger partial charge in [0.1, 0.15) is 12.1 Å². The molecule has 1 saturated heterocycles. The maximum absolute atomic E-state index is 14.3. The molecule has 1 unspecified atom stereocenters. The number of rotatable bonds is 10. The Bertz CT molecular complexity index is 1830. The van der Waals surface area contributed by atoms with E-state index >= 15 is 0 Å². The van der Waals surface area contributed by atoms with Crippen molar-refractivity contribution < 1.29 is 19.2 Å². The first-order chi connectivity index (χ1) is 22.4. The molecular formula is C36H43ClN6O4S. The molecule has 10 nitrogen and oxygen atoms in total. The number of nitrogens with zero attached hydrogens (tertiary/aromatic N) is 3. The van der Waals surface area contributed by atoms with Gasteiger partial charge in [-0.05, 0) is 79.8 Å². The fourth-order valence-electron chi connectivity index (χ4n) is 6.53. The predicted molar refractivity (Wildman–Crippen MR) is 193 cm³/mol. The van der Waals surface area contributed by atoms with Crippen molar-refractivity contribution in [1.29, 1.82) is 0 Å². The average molecular weight is 691 g/mol. The van der Waals surface area contributed by atoms with Crippen LogP contribution in [0.2, 0.25) is 0 Å². The third-order valence-electron chi connectivity index (χ3n) is 8.97. The topological polar surface area (TPSA) is 130 Å². The summed E-state index contributed by atoms with van der Waals surface area (Å²) < 4.78 is 2.15. The van der Waals surface area contributed by atoms with Crippen LogP contribution in [0.5, 0.6) is 0 Å². The molecule has 0 saturated carbocycles. The zero-order valence-corrected chi connectivity index (χ0v) is 29.3. The van der Waals surface area contributed by atoms with Gasteiger partial charge in [-0.15, -0.1) is 12.4 Å². The van der Waals surface area contributed by atoms with E-state index in [-0.39, 0.29) is 43.1 Å². The quantitative estimate of drug-likeness (QED) is 0.219. The maximum atomic E-state index is 14.3. The van der Waals surface area contributed by atoms with E-state index in [0.29, 0.717) is 25.2 Å². The number of nitrogens with one attached hydrogen (secondary N) is 2. The molecule has 4 aromatic rings. The van der Waals surface area contributed by atoms with E-state index in [1.165, 1.54) is 0 Å². The monoisotopic (exact) mass is 690 g/mol. The minimum Gasteiger partial charge on any atom is -0.345 e. The van der Waals surface area contributed by atoms with Crippen LogP contribution in [0.3, 0.4) is 0 Å². The van der Waals surface area contributed by atoms with E-state index in [9.17, 15) is 19.2 Å². The van der Waals surface area contributed by atoms with E-state index < -0.39 is 29.4 Å². The third kappa shape index (κ3) is 6.99. The summed E-state index contributed by atoms with van der Waals surface area (Å²) in [7, 11) is 0. The molecule has 12 heteroatoms. The highest BCUT2D eigenvalue weighted by molar-refractivity contribution is 7.07. The molecular weight excluding hydrogens is 648 g/mol. The Morgan fingerprint density at radius 1 is 1.08 bits per heavy atom. The largest absolute Gasteiger partial charge is 0.345 e. The van der Waals surface area contributed by atoms with Gasteiger partial charge in [0.15, 0.2) is 0 Å². The highest BCUT2D eigenvalue weighted by atomic mass is 35.5. The zero-order valence-electron chi connectivity index (χ0n) is 27.7. The Kier molecular flexibility index (Phi) is 10.3. The molecule has 0 radical (unpaired) electrons. The number of carbonyl (C=O) groups excluding carboxylic acids is 4. The molecule has 2 aliphatic rings. The van der Waals surface area contributed by atoms with Gasteiger partial charge in [0.05, 0.1) is 23.5 Å². The number of benzene rings is 2. The first-order valence-corrected chi connectivity index (χ1v) is 17.1. The Balaban J connectivity index is 0.00000451. The lowest BCUT2D eigenvalue weighted by Crippen LogP contribution is -2.60. The standard InChI is InChI=1S/C36H42N6O4S.ClH/c1-22(2)41-20-25(26-10-5-6-11-29(26)41)18-27(39-35(46)36(3,4)37)33(44)38-28-17-24-9-7-12-30(40-15-8-13-31(40)43)32(24)42(34(28)45)19-23-14-16-47-21-23;/h5-7,9-12,14,16,20-22,27-28H,8,13,15,17-19,37H2,1-4H3,(H,38,44)(H,39,46);1H/t27-,28?;/m1./s1. The van der Waals surface area contributed by atoms with Crippen molar-refractivity contribution in [2.75, 3.05) is 16.3 Å². The molecule has 0 spiro atoms. The van der Waals surface area contributed by atoms with E-state index in [1.807, 2.05) is 65.5 Å². The third-order valence-corrected chi connectivity index (χ3v) is 9.70. The minimum absolute atomic E-state index is 0. The number of nitrogens with two attached hydrogens (primary N) is 1. The van der Waals surface area contributed by atoms with Gasteiger partial charge in [0.2, 0.25) is 23.6 Å². The van der Waals surface area contributed by atoms with Crippen LogP contribution in [0.15, 0.2) is 65.5 Å². The number of para-hydroxylation sites is 2. The molecule has 0 bridgehead atoms. The Hall–Kier alpha value is -4.19. The van der Waals surface area contributed by atoms with E-state index in [2.05, 4.69) is 29.0 Å². The van der Waals surface area contributed by atoms with Crippen LogP contribution in [-0.4, -0.2) is 52.4 Å². The Labute approximate surface area is 291 Å². The summed E-state index contributed by atoms with van der Waals surface area (Å²) in [6.45, 7) is 8.28. The van der Waals surface area contributed by atoms with Crippen LogP contribution >= 0.6 is 23.7 Å².